The largest absolute Gasteiger partial charge is 0.395 e. The van der Waals surface area contributed by atoms with Crippen molar-refractivity contribution < 1.29 is 9.94 Å². The van der Waals surface area contributed by atoms with Gasteiger partial charge in [-0.2, -0.15) is 0 Å². The summed E-state index contributed by atoms with van der Waals surface area (Å²) in [5.74, 6) is 0. The highest BCUT2D eigenvalue weighted by Crippen LogP contribution is 2.01. The van der Waals surface area contributed by atoms with E-state index in [1.807, 2.05) is 0 Å². The van der Waals surface area contributed by atoms with Crippen molar-refractivity contribution in [3.63, 3.8) is 0 Å². The van der Waals surface area contributed by atoms with Gasteiger partial charge in [-0.25, -0.2) is 5.48 Å². The quantitative estimate of drug-likeness (QED) is 0.191. The van der Waals surface area contributed by atoms with E-state index >= 15 is 0 Å². The molecule has 0 aromatic rings. The summed E-state index contributed by atoms with van der Waals surface area (Å²) in [6.45, 7) is 3.56. The molecule has 0 saturated heterocycles. The number of unbranched alkanes of at least 4 members (excludes halogenated alkanes) is 5. The molecule has 0 bridgehead atoms. The number of allylic oxidation sites excluding steroid dienone is 8. The smallest absolute Gasteiger partial charge is 0.0682 e. The van der Waals surface area contributed by atoms with Crippen molar-refractivity contribution in [3.05, 3.63) is 48.6 Å². The Morgan fingerprint density at radius 3 is 1.76 bits per heavy atom. The zero-order chi connectivity index (χ0) is 18.3. The van der Waals surface area contributed by atoms with E-state index in [1.165, 1.54) is 25.7 Å². The first kappa shape index (κ1) is 23.8. The molecule has 144 valence electrons. The van der Waals surface area contributed by atoms with Gasteiger partial charge in [0.05, 0.1) is 13.2 Å². The molecule has 0 unspecified atom stereocenters. The van der Waals surface area contributed by atoms with E-state index < -0.39 is 0 Å². The van der Waals surface area contributed by atoms with Gasteiger partial charge in [0.25, 0.3) is 0 Å². The average molecular weight is 350 g/mol. The SMILES string of the molecule is CCCCC/C=C\C/C=C\C/C=C\C/C=C\CCCCONCCO. The predicted octanol–water partition coefficient (Wildman–Crippen LogP) is 5.65. The molecular weight excluding hydrogens is 310 g/mol. The fourth-order valence-electron chi connectivity index (χ4n) is 2.19. The highest BCUT2D eigenvalue weighted by Gasteiger charge is 1.87. The molecule has 0 atom stereocenters. The first-order valence-corrected chi connectivity index (χ1v) is 9.97. The van der Waals surface area contributed by atoms with E-state index in [0.717, 1.165) is 38.5 Å². The molecule has 0 aliphatic carbocycles. The van der Waals surface area contributed by atoms with Crippen molar-refractivity contribution >= 4 is 0 Å². The number of aliphatic hydroxyl groups excluding tert-OH is 1. The molecule has 0 aromatic carbocycles. The zero-order valence-corrected chi connectivity index (χ0v) is 16.2. The van der Waals surface area contributed by atoms with Crippen LogP contribution in [0.3, 0.4) is 0 Å². The van der Waals surface area contributed by atoms with Crippen LogP contribution in [0.25, 0.3) is 0 Å². The molecule has 0 fully saturated rings. The van der Waals surface area contributed by atoms with E-state index in [0.29, 0.717) is 13.2 Å². The second kappa shape index (κ2) is 22.8. The van der Waals surface area contributed by atoms with Gasteiger partial charge in [-0.3, -0.25) is 0 Å². The molecule has 0 aromatic heterocycles. The summed E-state index contributed by atoms with van der Waals surface area (Å²) in [6, 6.07) is 0. The second-order valence-electron chi connectivity index (χ2n) is 6.05. The summed E-state index contributed by atoms with van der Waals surface area (Å²) < 4.78 is 0. The second-order valence-corrected chi connectivity index (χ2v) is 6.05. The van der Waals surface area contributed by atoms with Crippen molar-refractivity contribution in [2.24, 2.45) is 0 Å². The number of aliphatic hydroxyl groups is 1. The molecular formula is C22H39NO2. The maximum atomic E-state index is 8.56. The molecule has 3 nitrogen and oxygen atoms in total. The normalized spacial score (nSPS) is 12.6. The fourth-order valence-corrected chi connectivity index (χ4v) is 2.19. The molecule has 0 saturated carbocycles. The zero-order valence-electron chi connectivity index (χ0n) is 16.2. The Kier molecular flexibility index (Phi) is 21.8. The van der Waals surface area contributed by atoms with Crippen LogP contribution in [-0.2, 0) is 4.84 Å². The van der Waals surface area contributed by atoms with Crippen molar-refractivity contribution in [2.75, 3.05) is 19.8 Å². The molecule has 2 N–H and O–H groups in total. The first-order chi connectivity index (χ1) is 12.4. The van der Waals surface area contributed by atoms with Gasteiger partial charge >= 0.3 is 0 Å². The summed E-state index contributed by atoms with van der Waals surface area (Å²) >= 11 is 0. The Morgan fingerprint density at radius 1 is 0.720 bits per heavy atom. The van der Waals surface area contributed by atoms with Gasteiger partial charge < -0.3 is 9.94 Å². The topological polar surface area (TPSA) is 41.5 Å². The van der Waals surface area contributed by atoms with E-state index in [4.69, 9.17) is 9.94 Å². The standard InChI is InChI=1S/C22H39NO2/c1-2-3-4-5-6-7-8-9-10-11-12-13-14-15-16-17-18-19-22-25-23-20-21-24/h6-7,9-10,12-13,15-16,23-24H,2-5,8,11,14,17-22H2,1H3/b7-6-,10-9-,13-12-,16-15-. The Balaban J connectivity index is 3.32. The minimum absolute atomic E-state index is 0.113. The maximum absolute atomic E-state index is 8.56. The maximum Gasteiger partial charge on any atom is 0.0682 e. The molecule has 0 rings (SSSR count). The van der Waals surface area contributed by atoms with E-state index in [1.54, 1.807) is 0 Å². The van der Waals surface area contributed by atoms with Crippen LogP contribution in [0.1, 0.15) is 71.1 Å². The van der Waals surface area contributed by atoms with Gasteiger partial charge in [-0.1, -0.05) is 68.4 Å². The summed E-state index contributed by atoms with van der Waals surface area (Å²) in [5.41, 5.74) is 2.71. The summed E-state index contributed by atoms with van der Waals surface area (Å²) in [5, 5.41) is 8.56. The fraction of sp³-hybridized carbons (Fsp3) is 0.636. The van der Waals surface area contributed by atoms with Crippen molar-refractivity contribution in [3.8, 4) is 0 Å². The summed E-state index contributed by atoms with van der Waals surface area (Å²) in [6.07, 6.45) is 29.5. The van der Waals surface area contributed by atoms with Crippen LogP contribution in [-0.4, -0.2) is 24.9 Å². The minimum atomic E-state index is 0.113. The van der Waals surface area contributed by atoms with Crippen LogP contribution in [0.15, 0.2) is 48.6 Å². The van der Waals surface area contributed by atoms with Crippen molar-refractivity contribution in [1.29, 1.82) is 0 Å². The number of hydroxylamine groups is 1. The summed E-state index contributed by atoms with van der Waals surface area (Å²) in [7, 11) is 0. The first-order valence-electron chi connectivity index (χ1n) is 9.97. The van der Waals surface area contributed by atoms with E-state index in [2.05, 4.69) is 61.0 Å². The Hall–Kier alpha value is -1.16. The van der Waals surface area contributed by atoms with Gasteiger partial charge in [0.2, 0.25) is 0 Å². The average Bonchev–Trinajstić information content (AvgIpc) is 2.63. The van der Waals surface area contributed by atoms with Crippen molar-refractivity contribution in [1.82, 2.24) is 5.48 Å². The Labute approximate surface area is 155 Å². The molecule has 0 heterocycles. The monoisotopic (exact) mass is 349 g/mol. The third kappa shape index (κ3) is 22.8. The van der Waals surface area contributed by atoms with Crippen molar-refractivity contribution in [2.45, 2.75) is 71.1 Å². The third-order valence-corrected chi connectivity index (χ3v) is 3.64. The summed E-state index contributed by atoms with van der Waals surface area (Å²) in [4.78, 5) is 5.15. The number of hydrogen-bond acceptors (Lipinski definition) is 3. The van der Waals surface area contributed by atoms with Gasteiger partial charge in [0.15, 0.2) is 0 Å². The molecule has 0 radical (unpaired) electrons. The van der Waals surface area contributed by atoms with Crippen LogP contribution in [0.4, 0.5) is 0 Å². The highest BCUT2D eigenvalue weighted by molar-refractivity contribution is 4.99. The van der Waals surface area contributed by atoms with Crippen LogP contribution in [0, 0.1) is 0 Å². The molecule has 0 amide bonds. The third-order valence-electron chi connectivity index (χ3n) is 3.64. The van der Waals surface area contributed by atoms with Crippen LogP contribution in [0.5, 0.6) is 0 Å². The lowest BCUT2D eigenvalue weighted by Gasteiger charge is -2.02. The highest BCUT2D eigenvalue weighted by atomic mass is 16.6. The van der Waals surface area contributed by atoms with Gasteiger partial charge in [-0.05, 0) is 51.4 Å². The lowest BCUT2D eigenvalue weighted by molar-refractivity contribution is 0.0301. The van der Waals surface area contributed by atoms with Gasteiger partial charge in [0, 0.05) is 6.54 Å². The van der Waals surface area contributed by atoms with Gasteiger partial charge in [-0.15, -0.1) is 0 Å². The molecule has 0 aliphatic heterocycles. The van der Waals surface area contributed by atoms with Crippen LogP contribution < -0.4 is 5.48 Å². The number of hydrogen-bond donors (Lipinski definition) is 2. The molecule has 0 aliphatic rings. The Morgan fingerprint density at radius 2 is 1.24 bits per heavy atom. The minimum Gasteiger partial charge on any atom is -0.395 e. The van der Waals surface area contributed by atoms with Gasteiger partial charge in [0.1, 0.15) is 0 Å². The lowest BCUT2D eigenvalue weighted by atomic mass is 10.2. The van der Waals surface area contributed by atoms with Crippen LogP contribution >= 0.6 is 0 Å². The Bertz CT molecular complexity index is 359. The number of rotatable bonds is 18. The van der Waals surface area contributed by atoms with Crippen LogP contribution in [0.2, 0.25) is 0 Å². The molecule has 25 heavy (non-hydrogen) atoms. The van der Waals surface area contributed by atoms with E-state index in [9.17, 15) is 0 Å². The van der Waals surface area contributed by atoms with E-state index in [-0.39, 0.29) is 6.61 Å². The predicted molar refractivity (Wildman–Crippen MR) is 109 cm³/mol. The molecule has 3 heteroatoms. The lowest BCUT2D eigenvalue weighted by Crippen LogP contribution is -2.19. The number of nitrogens with one attached hydrogen (secondary N) is 1. The molecule has 0 spiro atoms.